The Kier molecular flexibility index (Phi) is 2.25. The minimum atomic E-state index is 0.219. The van der Waals surface area contributed by atoms with Gasteiger partial charge in [-0.2, -0.15) is 0 Å². The first-order chi connectivity index (χ1) is 7.22. The third-order valence-electron chi connectivity index (χ3n) is 2.29. The lowest BCUT2D eigenvalue weighted by Crippen LogP contribution is -1.97. The molecular formula is C11H10N2O2. The van der Waals surface area contributed by atoms with Crippen molar-refractivity contribution in [3.05, 3.63) is 36.3 Å². The highest BCUT2D eigenvalue weighted by molar-refractivity contribution is 5.72. The van der Waals surface area contributed by atoms with E-state index in [2.05, 4.69) is 4.98 Å². The molecule has 0 aliphatic heterocycles. The molecule has 0 amide bonds. The Balaban J connectivity index is 2.49. The number of aromatic hydroxyl groups is 1. The molecule has 1 aromatic heterocycles. The quantitative estimate of drug-likeness (QED) is 0.752. The molecule has 15 heavy (non-hydrogen) atoms. The number of phenols is 1. The van der Waals surface area contributed by atoms with Gasteiger partial charge in [0.2, 0.25) is 0 Å². The SMILES string of the molecule is Cn1c(-c2ccc(O)cc2)cnc1C=O. The van der Waals surface area contributed by atoms with Crippen molar-refractivity contribution in [3.63, 3.8) is 0 Å². The zero-order valence-corrected chi connectivity index (χ0v) is 8.21. The number of hydrogen-bond donors (Lipinski definition) is 1. The Morgan fingerprint density at radius 1 is 1.33 bits per heavy atom. The Labute approximate surface area is 86.8 Å². The maximum absolute atomic E-state index is 10.6. The number of aromatic nitrogens is 2. The number of carbonyl (C=O) groups is 1. The highest BCUT2D eigenvalue weighted by Crippen LogP contribution is 2.21. The van der Waals surface area contributed by atoms with Gasteiger partial charge in [0.05, 0.1) is 11.9 Å². The van der Waals surface area contributed by atoms with Gasteiger partial charge in [-0.25, -0.2) is 4.98 Å². The fraction of sp³-hybridized carbons (Fsp3) is 0.0909. The van der Waals surface area contributed by atoms with Gasteiger partial charge in [-0.15, -0.1) is 0 Å². The number of imidazole rings is 1. The monoisotopic (exact) mass is 202 g/mol. The Morgan fingerprint density at radius 3 is 2.53 bits per heavy atom. The molecule has 1 aromatic carbocycles. The van der Waals surface area contributed by atoms with Crippen LogP contribution in [-0.4, -0.2) is 20.9 Å². The summed E-state index contributed by atoms with van der Waals surface area (Å²) in [6.45, 7) is 0. The number of rotatable bonds is 2. The number of nitrogens with zero attached hydrogens (tertiary/aromatic N) is 2. The fourth-order valence-corrected chi connectivity index (χ4v) is 1.43. The van der Waals surface area contributed by atoms with Crippen molar-refractivity contribution in [1.29, 1.82) is 0 Å². The summed E-state index contributed by atoms with van der Waals surface area (Å²) < 4.78 is 1.71. The topological polar surface area (TPSA) is 55.1 Å². The van der Waals surface area contributed by atoms with E-state index >= 15 is 0 Å². The largest absolute Gasteiger partial charge is 0.508 e. The molecule has 0 saturated heterocycles. The van der Waals surface area contributed by atoms with Crippen LogP contribution in [0.2, 0.25) is 0 Å². The van der Waals surface area contributed by atoms with E-state index in [1.54, 1.807) is 42.1 Å². The number of aldehydes is 1. The summed E-state index contributed by atoms with van der Waals surface area (Å²) in [5, 5.41) is 9.15. The van der Waals surface area contributed by atoms with Gasteiger partial charge < -0.3 is 9.67 Å². The molecule has 0 atom stereocenters. The smallest absolute Gasteiger partial charge is 0.185 e. The number of benzene rings is 1. The van der Waals surface area contributed by atoms with Gasteiger partial charge in [0.25, 0.3) is 0 Å². The van der Waals surface area contributed by atoms with E-state index in [-0.39, 0.29) is 5.75 Å². The van der Waals surface area contributed by atoms with Crippen LogP contribution in [0.15, 0.2) is 30.5 Å². The fourth-order valence-electron chi connectivity index (χ4n) is 1.43. The highest BCUT2D eigenvalue weighted by atomic mass is 16.3. The van der Waals surface area contributed by atoms with Gasteiger partial charge in [0, 0.05) is 12.6 Å². The van der Waals surface area contributed by atoms with Gasteiger partial charge in [-0.05, 0) is 24.3 Å². The number of hydrogen-bond acceptors (Lipinski definition) is 3. The summed E-state index contributed by atoms with van der Waals surface area (Å²) in [5.41, 5.74) is 1.76. The lowest BCUT2D eigenvalue weighted by Gasteiger charge is -2.02. The van der Waals surface area contributed by atoms with Crippen molar-refractivity contribution in [1.82, 2.24) is 9.55 Å². The standard InChI is InChI=1S/C11H10N2O2/c1-13-10(6-12-11(13)7-14)8-2-4-9(15)5-3-8/h2-7,15H,1H3. The summed E-state index contributed by atoms with van der Waals surface area (Å²) in [6.07, 6.45) is 2.35. The lowest BCUT2D eigenvalue weighted by atomic mass is 10.1. The van der Waals surface area contributed by atoms with Crippen LogP contribution in [0.25, 0.3) is 11.3 Å². The molecule has 4 heteroatoms. The van der Waals surface area contributed by atoms with Crippen molar-refractivity contribution in [3.8, 4) is 17.0 Å². The van der Waals surface area contributed by atoms with E-state index in [1.807, 2.05) is 0 Å². The van der Waals surface area contributed by atoms with Crippen molar-refractivity contribution < 1.29 is 9.90 Å². The average molecular weight is 202 g/mol. The Hall–Kier alpha value is -2.10. The minimum Gasteiger partial charge on any atom is -0.508 e. The predicted octanol–water partition coefficient (Wildman–Crippen LogP) is 1.61. The summed E-state index contributed by atoms with van der Waals surface area (Å²) in [6, 6.07) is 6.76. The first-order valence-corrected chi connectivity index (χ1v) is 4.48. The van der Waals surface area contributed by atoms with Gasteiger partial charge in [-0.3, -0.25) is 4.79 Å². The van der Waals surface area contributed by atoms with Gasteiger partial charge in [-0.1, -0.05) is 0 Å². The maximum Gasteiger partial charge on any atom is 0.185 e. The molecule has 2 rings (SSSR count). The molecule has 0 unspecified atom stereocenters. The van der Waals surface area contributed by atoms with Crippen molar-refractivity contribution in [2.45, 2.75) is 0 Å². The van der Waals surface area contributed by atoms with Crippen LogP contribution in [-0.2, 0) is 7.05 Å². The van der Waals surface area contributed by atoms with Crippen LogP contribution >= 0.6 is 0 Å². The lowest BCUT2D eigenvalue weighted by molar-refractivity contribution is 0.111. The van der Waals surface area contributed by atoms with Crippen LogP contribution in [0.3, 0.4) is 0 Å². The first kappa shape index (κ1) is 9.45. The van der Waals surface area contributed by atoms with Crippen LogP contribution in [0, 0.1) is 0 Å². The van der Waals surface area contributed by atoms with Crippen LogP contribution in [0.4, 0.5) is 0 Å². The Morgan fingerprint density at radius 2 is 2.00 bits per heavy atom. The molecule has 0 bridgehead atoms. The molecule has 0 fully saturated rings. The molecule has 0 aliphatic rings. The number of phenolic OH excluding ortho intramolecular Hbond substituents is 1. The van der Waals surface area contributed by atoms with E-state index in [0.717, 1.165) is 11.3 Å². The molecule has 1 heterocycles. The molecular weight excluding hydrogens is 192 g/mol. The van der Waals surface area contributed by atoms with Crippen LogP contribution in [0.5, 0.6) is 5.75 Å². The molecule has 4 nitrogen and oxygen atoms in total. The molecule has 0 saturated carbocycles. The van der Waals surface area contributed by atoms with E-state index < -0.39 is 0 Å². The Bertz CT molecular complexity index is 486. The van der Waals surface area contributed by atoms with E-state index in [4.69, 9.17) is 5.11 Å². The average Bonchev–Trinajstić information content (AvgIpc) is 2.61. The van der Waals surface area contributed by atoms with E-state index in [1.165, 1.54) is 0 Å². The molecule has 76 valence electrons. The maximum atomic E-state index is 10.6. The second kappa shape index (κ2) is 3.57. The van der Waals surface area contributed by atoms with Gasteiger partial charge in [0.15, 0.2) is 12.1 Å². The highest BCUT2D eigenvalue weighted by Gasteiger charge is 2.06. The van der Waals surface area contributed by atoms with Crippen LogP contribution in [0.1, 0.15) is 10.6 Å². The molecule has 0 radical (unpaired) electrons. The zero-order valence-electron chi connectivity index (χ0n) is 8.21. The minimum absolute atomic E-state index is 0.219. The van der Waals surface area contributed by atoms with E-state index in [9.17, 15) is 4.79 Å². The van der Waals surface area contributed by atoms with Crippen molar-refractivity contribution in [2.24, 2.45) is 7.05 Å². The molecule has 0 aliphatic carbocycles. The number of carbonyl (C=O) groups excluding carboxylic acids is 1. The third-order valence-corrected chi connectivity index (χ3v) is 2.29. The molecule has 2 aromatic rings. The van der Waals surface area contributed by atoms with Crippen molar-refractivity contribution >= 4 is 6.29 Å². The van der Waals surface area contributed by atoms with E-state index in [0.29, 0.717) is 12.1 Å². The second-order valence-electron chi connectivity index (χ2n) is 3.23. The first-order valence-electron chi connectivity index (χ1n) is 4.48. The van der Waals surface area contributed by atoms with Crippen LogP contribution < -0.4 is 0 Å². The second-order valence-corrected chi connectivity index (χ2v) is 3.23. The zero-order chi connectivity index (χ0) is 10.8. The van der Waals surface area contributed by atoms with Gasteiger partial charge in [0.1, 0.15) is 5.75 Å². The van der Waals surface area contributed by atoms with Crippen molar-refractivity contribution in [2.75, 3.05) is 0 Å². The molecule has 0 spiro atoms. The summed E-state index contributed by atoms with van der Waals surface area (Å²) in [7, 11) is 1.78. The summed E-state index contributed by atoms with van der Waals surface area (Å²) >= 11 is 0. The summed E-state index contributed by atoms with van der Waals surface area (Å²) in [4.78, 5) is 14.6. The third kappa shape index (κ3) is 1.61. The predicted molar refractivity (Wildman–Crippen MR) is 55.7 cm³/mol. The normalized spacial score (nSPS) is 10.2. The van der Waals surface area contributed by atoms with Gasteiger partial charge >= 0.3 is 0 Å². The summed E-state index contributed by atoms with van der Waals surface area (Å²) in [5.74, 6) is 0.606. The molecule has 1 N–H and O–H groups in total.